The highest BCUT2D eigenvalue weighted by molar-refractivity contribution is 5.98. The molecule has 2 heterocycles. The fraction of sp³-hybridized carbons (Fsp3) is 0.526. The molecule has 120 valence electrons. The average molecular weight is 310 g/mol. The van der Waals surface area contributed by atoms with Crippen LogP contribution in [0.2, 0.25) is 0 Å². The lowest BCUT2D eigenvalue weighted by Gasteiger charge is -2.42. The van der Waals surface area contributed by atoms with Crippen LogP contribution in [-0.4, -0.2) is 17.6 Å². The van der Waals surface area contributed by atoms with Crippen molar-refractivity contribution in [2.45, 2.75) is 50.7 Å². The zero-order valence-corrected chi connectivity index (χ0v) is 13.4. The molecule has 1 aliphatic heterocycles. The van der Waals surface area contributed by atoms with E-state index < -0.39 is 0 Å². The van der Waals surface area contributed by atoms with Crippen LogP contribution in [0.25, 0.3) is 11.0 Å². The van der Waals surface area contributed by atoms with E-state index in [4.69, 9.17) is 4.42 Å². The summed E-state index contributed by atoms with van der Waals surface area (Å²) in [5, 5.41) is 7.84. The number of fused-ring (bicyclic) bond motifs is 3. The predicted molar refractivity (Wildman–Crippen MR) is 88.1 cm³/mol. The number of benzene rings is 1. The van der Waals surface area contributed by atoms with Crippen molar-refractivity contribution in [1.82, 2.24) is 10.6 Å². The Balaban J connectivity index is 1.35. The van der Waals surface area contributed by atoms with Gasteiger partial charge in [-0.05, 0) is 61.8 Å². The fourth-order valence-corrected chi connectivity index (χ4v) is 4.96. The SMILES string of the molecule is Cc1coc2ccc(C(=O)N[C@H]3N[C@@]34CC3CCC4CC3)cc12. The Hall–Kier alpha value is -1.81. The molecule has 2 N–H and O–H groups in total. The highest BCUT2D eigenvalue weighted by atomic mass is 16.3. The van der Waals surface area contributed by atoms with Gasteiger partial charge in [0.1, 0.15) is 5.58 Å². The number of rotatable bonds is 2. The third-order valence-corrected chi connectivity index (χ3v) is 6.35. The Labute approximate surface area is 135 Å². The molecule has 1 aromatic carbocycles. The van der Waals surface area contributed by atoms with Gasteiger partial charge in [0, 0.05) is 10.9 Å². The second-order valence-corrected chi connectivity index (χ2v) is 7.64. The standard InChI is InChI=1S/C19H22N2O2/c1-11-10-23-16-7-4-13(8-15(11)16)17(22)20-18-19(21-18)9-12-2-5-14(19)6-3-12/h4,7-8,10,12,14,18,21H,2-3,5-6,9H2,1H3,(H,20,22)/t12?,14?,18-,19+/m0/s1. The number of nitrogens with one attached hydrogen (secondary N) is 2. The quantitative estimate of drug-likeness (QED) is 0.836. The summed E-state index contributed by atoms with van der Waals surface area (Å²) in [5.41, 5.74) is 2.82. The Morgan fingerprint density at radius 2 is 2.13 bits per heavy atom. The molecule has 6 rings (SSSR count). The van der Waals surface area contributed by atoms with E-state index in [0.29, 0.717) is 5.56 Å². The van der Waals surface area contributed by atoms with Crippen molar-refractivity contribution in [2.24, 2.45) is 11.8 Å². The van der Waals surface area contributed by atoms with Gasteiger partial charge in [0.05, 0.1) is 18.0 Å². The number of carbonyl (C=O) groups excluding carboxylic acids is 1. The molecule has 0 unspecified atom stereocenters. The molecule has 1 amide bonds. The van der Waals surface area contributed by atoms with Gasteiger partial charge >= 0.3 is 0 Å². The summed E-state index contributed by atoms with van der Waals surface area (Å²) in [7, 11) is 0. The van der Waals surface area contributed by atoms with Crippen LogP contribution in [0.3, 0.4) is 0 Å². The molecule has 2 bridgehead atoms. The molecular formula is C19H22N2O2. The summed E-state index contributed by atoms with van der Waals surface area (Å²) in [5.74, 6) is 1.62. The molecule has 1 spiro atoms. The van der Waals surface area contributed by atoms with Gasteiger partial charge in [0.2, 0.25) is 0 Å². The van der Waals surface area contributed by atoms with E-state index in [9.17, 15) is 4.79 Å². The lowest BCUT2D eigenvalue weighted by atomic mass is 9.63. The molecule has 23 heavy (non-hydrogen) atoms. The lowest BCUT2D eigenvalue weighted by molar-refractivity contribution is 0.0916. The zero-order valence-electron chi connectivity index (χ0n) is 13.4. The summed E-state index contributed by atoms with van der Waals surface area (Å²) in [6.07, 6.45) is 8.54. The minimum Gasteiger partial charge on any atom is -0.464 e. The zero-order chi connectivity index (χ0) is 15.6. The first kappa shape index (κ1) is 13.6. The minimum atomic E-state index is 0.0170. The molecule has 4 fully saturated rings. The number of hydrogen-bond acceptors (Lipinski definition) is 3. The second-order valence-electron chi connectivity index (χ2n) is 7.64. The lowest BCUT2D eigenvalue weighted by Crippen LogP contribution is -2.44. The molecular weight excluding hydrogens is 288 g/mol. The number of amides is 1. The van der Waals surface area contributed by atoms with Crippen molar-refractivity contribution in [2.75, 3.05) is 0 Å². The van der Waals surface area contributed by atoms with Crippen LogP contribution in [0.15, 0.2) is 28.9 Å². The molecule has 3 aliphatic carbocycles. The molecule has 0 radical (unpaired) electrons. The first-order chi connectivity index (χ1) is 11.2. The molecule has 4 heteroatoms. The largest absolute Gasteiger partial charge is 0.464 e. The predicted octanol–water partition coefficient (Wildman–Crippen LogP) is 3.35. The minimum absolute atomic E-state index is 0.0170. The van der Waals surface area contributed by atoms with Crippen LogP contribution in [0.1, 0.15) is 48.0 Å². The van der Waals surface area contributed by atoms with E-state index in [2.05, 4.69) is 10.6 Å². The van der Waals surface area contributed by atoms with Gasteiger partial charge in [-0.25, -0.2) is 0 Å². The van der Waals surface area contributed by atoms with Crippen molar-refractivity contribution in [1.29, 1.82) is 0 Å². The number of aryl methyl sites for hydroxylation is 1. The van der Waals surface area contributed by atoms with Gasteiger partial charge in [-0.2, -0.15) is 0 Å². The van der Waals surface area contributed by atoms with Gasteiger partial charge in [-0.3, -0.25) is 10.1 Å². The average Bonchev–Trinajstić information content (AvgIpc) is 3.08. The summed E-state index contributed by atoms with van der Waals surface area (Å²) >= 11 is 0. The van der Waals surface area contributed by atoms with E-state index >= 15 is 0 Å². The highest BCUT2D eigenvalue weighted by Crippen LogP contribution is 2.54. The Morgan fingerprint density at radius 1 is 1.30 bits per heavy atom. The van der Waals surface area contributed by atoms with E-state index in [1.165, 1.54) is 32.1 Å². The summed E-state index contributed by atoms with van der Waals surface area (Å²) in [4.78, 5) is 12.6. The third-order valence-electron chi connectivity index (χ3n) is 6.35. The maximum absolute atomic E-state index is 12.6. The van der Waals surface area contributed by atoms with E-state index in [-0.39, 0.29) is 17.6 Å². The Kier molecular flexibility index (Phi) is 2.72. The van der Waals surface area contributed by atoms with Crippen molar-refractivity contribution < 1.29 is 9.21 Å². The van der Waals surface area contributed by atoms with Crippen LogP contribution in [-0.2, 0) is 0 Å². The molecule has 4 aliphatic rings. The maximum Gasteiger partial charge on any atom is 0.252 e. The second kappa shape index (κ2) is 4.60. The van der Waals surface area contributed by atoms with Crippen molar-refractivity contribution >= 4 is 16.9 Å². The fourth-order valence-electron chi connectivity index (χ4n) is 4.96. The van der Waals surface area contributed by atoms with E-state index in [1.807, 2.05) is 25.1 Å². The number of furan rings is 1. The molecule has 1 aromatic heterocycles. The van der Waals surface area contributed by atoms with Crippen LogP contribution >= 0.6 is 0 Å². The third kappa shape index (κ3) is 1.97. The van der Waals surface area contributed by atoms with Gasteiger partial charge in [0.25, 0.3) is 5.91 Å². The van der Waals surface area contributed by atoms with Crippen LogP contribution in [0, 0.1) is 18.8 Å². The highest BCUT2D eigenvalue weighted by Gasteiger charge is 2.62. The first-order valence-electron chi connectivity index (χ1n) is 8.72. The summed E-state index contributed by atoms with van der Waals surface area (Å²) in [6, 6.07) is 5.67. The van der Waals surface area contributed by atoms with Gasteiger partial charge in [-0.1, -0.05) is 12.8 Å². The number of carbonyl (C=O) groups is 1. The maximum atomic E-state index is 12.6. The van der Waals surface area contributed by atoms with E-state index in [0.717, 1.165) is 28.4 Å². The van der Waals surface area contributed by atoms with E-state index in [1.54, 1.807) is 6.26 Å². The first-order valence-corrected chi connectivity index (χ1v) is 8.72. The Morgan fingerprint density at radius 3 is 2.87 bits per heavy atom. The van der Waals surface area contributed by atoms with Gasteiger partial charge in [-0.15, -0.1) is 0 Å². The van der Waals surface area contributed by atoms with Crippen LogP contribution < -0.4 is 10.6 Å². The van der Waals surface area contributed by atoms with Gasteiger partial charge < -0.3 is 9.73 Å². The number of hydrogen-bond donors (Lipinski definition) is 2. The molecule has 2 aromatic rings. The van der Waals surface area contributed by atoms with Crippen molar-refractivity contribution in [3.05, 3.63) is 35.6 Å². The molecule has 2 atom stereocenters. The van der Waals surface area contributed by atoms with Crippen molar-refractivity contribution in [3.8, 4) is 0 Å². The Bertz CT molecular complexity index is 788. The summed E-state index contributed by atoms with van der Waals surface area (Å²) < 4.78 is 5.46. The smallest absolute Gasteiger partial charge is 0.252 e. The van der Waals surface area contributed by atoms with Crippen LogP contribution in [0.4, 0.5) is 0 Å². The normalized spacial score (nSPS) is 34.9. The molecule has 4 nitrogen and oxygen atoms in total. The van der Waals surface area contributed by atoms with Crippen molar-refractivity contribution in [3.63, 3.8) is 0 Å². The molecule has 1 saturated heterocycles. The summed E-state index contributed by atoms with van der Waals surface area (Å²) in [6.45, 7) is 2.00. The topological polar surface area (TPSA) is 64.2 Å². The monoisotopic (exact) mass is 310 g/mol. The van der Waals surface area contributed by atoms with Crippen LogP contribution in [0.5, 0.6) is 0 Å². The van der Waals surface area contributed by atoms with Gasteiger partial charge in [0.15, 0.2) is 0 Å². The molecule has 3 saturated carbocycles.